The lowest BCUT2D eigenvalue weighted by Gasteiger charge is -2.08. The molecular weight excluding hydrogens is 275 g/mol. The highest BCUT2D eigenvalue weighted by atomic mass is 32.2. The molecule has 0 aliphatic carbocycles. The number of anilines is 1. The van der Waals surface area contributed by atoms with Crippen molar-refractivity contribution in [2.24, 2.45) is 0 Å². The number of nitrogen functional groups attached to an aromatic ring is 1. The Labute approximate surface area is 119 Å². The quantitative estimate of drug-likeness (QED) is 0.883. The van der Waals surface area contributed by atoms with Gasteiger partial charge in [0.1, 0.15) is 5.82 Å². The Kier molecular flexibility index (Phi) is 4.16. The Morgan fingerprint density at radius 2 is 2.05 bits per heavy atom. The minimum Gasteiger partial charge on any atom is -0.399 e. The molecule has 0 radical (unpaired) electrons. The molecule has 20 heavy (non-hydrogen) atoms. The summed E-state index contributed by atoms with van der Waals surface area (Å²) in [5.41, 5.74) is 7.68. The molecule has 0 fully saturated rings. The number of hydrogen-bond donors (Lipinski definition) is 1. The number of nitriles is 1. The molecule has 0 spiro atoms. The van der Waals surface area contributed by atoms with E-state index < -0.39 is 16.6 Å². The zero-order valence-corrected chi connectivity index (χ0v) is 11.7. The average Bonchev–Trinajstić information content (AvgIpc) is 2.41. The van der Waals surface area contributed by atoms with Crippen LogP contribution in [0.2, 0.25) is 0 Å². The van der Waals surface area contributed by atoms with Crippen molar-refractivity contribution in [3.8, 4) is 6.07 Å². The standard InChI is InChI=1S/C15H13FN2OS/c1-10-6-13(18)3-5-15(10)20(19)9-12-7-11(8-17)2-4-14(12)16/h2-7H,9,18H2,1H3. The molecule has 0 amide bonds. The van der Waals surface area contributed by atoms with E-state index >= 15 is 0 Å². The molecule has 0 aromatic heterocycles. The molecule has 2 aromatic rings. The molecule has 0 saturated heterocycles. The fraction of sp³-hybridized carbons (Fsp3) is 0.133. The van der Waals surface area contributed by atoms with Gasteiger partial charge in [-0.15, -0.1) is 0 Å². The van der Waals surface area contributed by atoms with Gasteiger partial charge < -0.3 is 5.73 Å². The van der Waals surface area contributed by atoms with Gasteiger partial charge in [-0.05, 0) is 48.9 Å². The summed E-state index contributed by atoms with van der Waals surface area (Å²) in [6.45, 7) is 1.81. The molecule has 2 aromatic carbocycles. The van der Waals surface area contributed by atoms with E-state index in [1.54, 1.807) is 18.2 Å². The molecule has 0 aliphatic heterocycles. The third kappa shape index (κ3) is 3.03. The smallest absolute Gasteiger partial charge is 0.127 e. The maximum Gasteiger partial charge on any atom is 0.127 e. The summed E-state index contributed by atoms with van der Waals surface area (Å²) in [5, 5.41) is 8.82. The highest BCUT2D eigenvalue weighted by Gasteiger charge is 2.12. The molecule has 3 nitrogen and oxygen atoms in total. The number of benzene rings is 2. The second kappa shape index (κ2) is 5.85. The maximum atomic E-state index is 13.7. The van der Waals surface area contributed by atoms with Gasteiger partial charge in [-0.1, -0.05) is 0 Å². The predicted octanol–water partition coefficient (Wildman–Crippen LogP) is 2.90. The Hall–Kier alpha value is -2.19. The summed E-state index contributed by atoms with van der Waals surface area (Å²) in [4.78, 5) is 0.626. The van der Waals surface area contributed by atoms with Crippen LogP contribution in [0.15, 0.2) is 41.3 Å². The van der Waals surface area contributed by atoms with Gasteiger partial charge in [0.2, 0.25) is 0 Å². The summed E-state index contributed by atoms with van der Waals surface area (Å²) in [5.74, 6) is -0.419. The van der Waals surface area contributed by atoms with E-state index in [1.807, 2.05) is 13.0 Å². The number of hydrogen-bond acceptors (Lipinski definition) is 3. The van der Waals surface area contributed by atoms with Gasteiger partial charge in [0.25, 0.3) is 0 Å². The first-order valence-corrected chi connectivity index (χ1v) is 7.26. The summed E-state index contributed by atoms with van der Waals surface area (Å²) >= 11 is 0. The summed E-state index contributed by atoms with van der Waals surface area (Å²) in [6.07, 6.45) is 0. The van der Waals surface area contributed by atoms with Gasteiger partial charge in [-0.25, -0.2) is 4.39 Å². The molecule has 5 heteroatoms. The van der Waals surface area contributed by atoms with Gasteiger partial charge in [0.05, 0.1) is 28.2 Å². The number of halogens is 1. The molecule has 0 bridgehead atoms. The van der Waals surface area contributed by atoms with E-state index in [0.717, 1.165) is 5.56 Å². The minimum absolute atomic E-state index is 0.0338. The fourth-order valence-electron chi connectivity index (χ4n) is 1.90. The first-order valence-electron chi connectivity index (χ1n) is 5.94. The largest absolute Gasteiger partial charge is 0.399 e. The molecule has 0 saturated carbocycles. The van der Waals surface area contributed by atoms with E-state index in [1.165, 1.54) is 18.2 Å². The normalized spacial score (nSPS) is 11.8. The van der Waals surface area contributed by atoms with Crippen LogP contribution in [0, 0.1) is 24.1 Å². The van der Waals surface area contributed by atoms with Crippen LogP contribution < -0.4 is 5.73 Å². The second-order valence-electron chi connectivity index (χ2n) is 4.43. The van der Waals surface area contributed by atoms with Crippen LogP contribution in [-0.2, 0) is 16.6 Å². The fourth-order valence-corrected chi connectivity index (χ4v) is 3.20. The van der Waals surface area contributed by atoms with Crippen molar-refractivity contribution in [1.29, 1.82) is 5.26 Å². The van der Waals surface area contributed by atoms with Crippen molar-refractivity contribution in [3.05, 3.63) is 58.9 Å². The van der Waals surface area contributed by atoms with Crippen LogP contribution in [-0.4, -0.2) is 4.21 Å². The van der Waals surface area contributed by atoms with Crippen LogP contribution in [0.25, 0.3) is 0 Å². The second-order valence-corrected chi connectivity index (χ2v) is 5.85. The van der Waals surface area contributed by atoms with Crippen molar-refractivity contribution < 1.29 is 8.60 Å². The van der Waals surface area contributed by atoms with Gasteiger partial charge >= 0.3 is 0 Å². The van der Waals surface area contributed by atoms with Crippen LogP contribution in [0.4, 0.5) is 10.1 Å². The third-order valence-electron chi connectivity index (χ3n) is 2.91. The van der Waals surface area contributed by atoms with E-state index in [-0.39, 0.29) is 11.3 Å². The number of nitrogens with two attached hydrogens (primary N) is 1. The lowest BCUT2D eigenvalue weighted by Crippen LogP contribution is -2.02. The van der Waals surface area contributed by atoms with Crippen molar-refractivity contribution in [2.75, 3.05) is 5.73 Å². The van der Waals surface area contributed by atoms with Gasteiger partial charge in [0.15, 0.2) is 0 Å². The van der Waals surface area contributed by atoms with Crippen LogP contribution in [0.5, 0.6) is 0 Å². The Morgan fingerprint density at radius 1 is 1.30 bits per heavy atom. The van der Waals surface area contributed by atoms with Crippen molar-refractivity contribution in [2.45, 2.75) is 17.6 Å². The maximum absolute atomic E-state index is 13.7. The topological polar surface area (TPSA) is 66.9 Å². The zero-order valence-electron chi connectivity index (χ0n) is 10.9. The summed E-state index contributed by atoms with van der Waals surface area (Å²) < 4.78 is 26.0. The van der Waals surface area contributed by atoms with Crippen LogP contribution in [0.1, 0.15) is 16.7 Å². The van der Waals surface area contributed by atoms with Crippen molar-refractivity contribution in [3.63, 3.8) is 0 Å². The first kappa shape index (κ1) is 14.2. The molecular formula is C15H13FN2OS. The number of nitrogens with zero attached hydrogens (tertiary/aromatic N) is 1. The van der Waals surface area contributed by atoms with Crippen molar-refractivity contribution in [1.82, 2.24) is 0 Å². The number of rotatable bonds is 3. The van der Waals surface area contributed by atoms with E-state index in [0.29, 0.717) is 16.1 Å². The minimum atomic E-state index is -1.38. The first-order chi connectivity index (χ1) is 9.51. The zero-order chi connectivity index (χ0) is 14.7. The van der Waals surface area contributed by atoms with Crippen LogP contribution >= 0.6 is 0 Å². The molecule has 102 valence electrons. The van der Waals surface area contributed by atoms with Crippen molar-refractivity contribution >= 4 is 16.5 Å². The van der Waals surface area contributed by atoms with Gasteiger partial charge in [-0.2, -0.15) is 5.26 Å². The molecule has 1 unspecified atom stereocenters. The molecule has 2 N–H and O–H groups in total. The third-order valence-corrected chi connectivity index (χ3v) is 4.43. The average molecular weight is 288 g/mol. The Bertz CT molecular complexity index is 722. The molecule has 0 heterocycles. The van der Waals surface area contributed by atoms with E-state index in [2.05, 4.69) is 0 Å². The Morgan fingerprint density at radius 3 is 2.70 bits per heavy atom. The monoisotopic (exact) mass is 288 g/mol. The SMILES string of the molecule is Cc1cc(N)ccc1S(=O)Cc1cc(C#N)ccc1F. The van der Waals surface area contributed by atoms with Crippen LogP contribution in [0.3, 0.4) is 0 Å². The van der Waals surface area contributed by atoms with E-state index in [9.17, 15) is 8.60 Å². The highest BCUT2D eigenvalue weighted by Crippen LogP contribution is 2.20. The van der Waals surface area contributed by atoms with Gasteiger partial charge in [-0.3, -0.25) is 4.21 Å². The molecule has 2 rings (SSSR count). The lowest BCUT2D eigenvalue weighted by molar-refractivity contribution is 0.615. The lowest BCUT2D eigenvalue weighted by atomic mass is 10.1. The predicted molar refractivity (Wildman–Crippen MR) is 76.8 cm³/mol. The molecule has 1 atom stereocenters. The van der Waals surface area contributed by atoms with Gasteiger partial charge in [0, 0.05) is 16.1 Å². The summed E-state index contributed by atoms with van der Waals surface area (Å²) in [6, 6.07) is 11.1. The van der Waals surface area contributed by atoms with E-state index in [4.69, 9.17) is 11.0 Å². The Balaban J connectivity index is 2.30. The highest BCUT2D eigenvalue weighted by molar-refractivity contribution is 7.84. The number of aryl methyl sites for hydroxylation is 1. The summed E-state index contributed by atoms with van der Waals surface area (Å²) in [7, 11) is -1.38. The molecule has 0 aliphatic rings.